The number of halogens is 1. The van der Waals surface area contributed by atoms with Crippen LogP contribution in [-0.4, -0.2) is 6.61 Å². The number of hydrogen-bond acceptors (Lipinski definition) is 2. The predicted molar refractivity (Wildman–Crippen MR) is 68.6 cm³/mol. The number of benzene rings is 2. The van der Waals surface area contributed by atoms with Crippen LogP contribution in [-0.2, 0) is 0 Å². The van der Waals surface area contributed by atoms with E-state index in [4.69, 9.17) is 9.47 Å². The second-order valence-electron chi connectivity index (χ2n) is 3.63. The summed E-state index contributed by atoms with van der Waals surface area (Å²) in [7, 11) is 0. The van der Waals surface area contributed by atoms with Gasteiger partial charge in [0.25, 0.3) is 0 Å². The van der Waals surface area contributed by atoms with Gasteiger partial charge in [0.15, 0.2) is 0 Å². The smallest absolute Gasteiger partial charge is 0.127 e. The minimum atomic E-state index is -0.282. The largest absolute Gasteiger partial charge is 0.490 e. The predicted octanol–water partition coefficient (Wildman–Crippen LogP) is 4.18. The normalized spacial score (nSPS) is 9.83. The molecule has 0 fully saturated rings. The summed E-state index contributed by atoms with van der Waals surface area (Å²) in [6.45, 7) is 4.05. The molecule has 2 aromatic rings. The Morgan fingerprint density at radius 1 is 0.889 bits per heavy atom. The average Bonchev–Trinajstić information content (AvgIpc) is 2.41. The third-order valence-electron chi connectivity index (χ3n) is 2.24. The summed E-state index contributed by atoms with van der Waals surface area (Å²) >= 11 is 0. The Kier molecular flexibility index (Phi) is 3.97. The van der Waals surface area contributed by atoms with Crippen molar-refractivity contribution < 1.29 is 13.9 Å². The van der Waals surface area contributed by atoms with E-state index in [9.17, 15) is 4.39 Å². The minimum Gasteiger partial charge on any atom is -0.490 e. The Hall–Kier alpha value is -2.29. The van der Waals surface area contributed by atoms with Crippen molar-refractivity contribution in [3.8, 4) is 17.2 Å². The van der Waals surface area contributed by atoms with Crippen molar-refractivity contribution in [2.45, 2.75) is 0 Å². The molecule has 0 aliphatic carbocycles. The van der Waals surface area contributed by atoms with Gasteiger partial charge < -0.3 is 9.47 Å². The summed E-state index contributed by atoms with van der Waals surface area (Å²) in [6, 6.07) is 13.1. The molecule has 0 unspecified atom stereocenters. The van der Waals surface area contributed by atoms with Crippen LogP contribution in [0.2, 0.25) is 0 Å². The van der Waals surface area contributed by atoms with Crippen LogP contribution >= 0.6 is 0 Å². The Morgan fingerprint density at radius 3 is 1.94 bits per heavy atom. The van der Waals surface area contributed by atoms with Gasteiger partial charge in [-0.2, -0.15) is 0 Å². The molecule has 92 valence electrons. The van der Waals surface area contributed by atoms with Gasteiger partial charge in [0, 0.05) is 0 Å². The number of hydrogen-bond donors (Lipinski definition) is 0. The van der Waals surface area contributed by atoms with Gasteiger partial charge in [-0.15, -0.1) is 0 Å². The lowest BCUT2D eigenvalue weighted by Gasteiger charge is -2.07. The second-order valence-corrected chi connectivity index (χ2v) is 3.63. The summed E-state index contributed by atoms with van der Waals surface area (Å²) in [5, 5.41) is 0. The molecule has 0 atom stereocenters. The summed E-state index contributed by atoms with van der Waals surface area (Å²) < 4.78 is 23.6. The highest BCUT2D eigenvalue weighted by atomic mass is 19.1. The third kappa shape index (κ3) is 3.35. The Balaban J connectivity index is 2.01. The fourth-order valence-corrected chi connectivity index (χ4v) is 1.40. The van der Waals surface area contributed by atoms with E-state index >= 15 is 0 Å². The van der Waals surface area contributed by atoms with Crippen LogP contribution in [0.4, 0.5) is 4.39 Å². The molecule has 0 amide bonds. The lowest BCUT2D eigenvalue weighted by molar-refractivity contribution is 0.362. The van der Waals surface area contributed by atoms with Gasteiger partial charge in [-0.05, 0) is 48.5 Å². The molecule has 0 spiro atoms. The minimum absolute atomic E-state index is 0.282. The first-order valence-electron chi connectivity index (χ1n) is 5.55. The summed E-state index contributed by atoms with van der Waals surface area (Å²) in [6.07, 6.45) is 1.68. The molecule has 3 heteroatoms. The summed E-state index contributed by atoms with van der Waals surface area (Å²) in [5.74, 6) is 1.74. The Labute approximate surface area is 105 Å². The topological polar surface area (TPSA) is 18.5 Å². The second kappa shape index (κ2) is 5.87. The first-order valence-corrected chi connectivity index (χ1v) is 5.55. The Morgan fingerprint density at radius 2 is 1.39 bits per heavy atom. The number of rotatable bonds is 5. The van der Waals surface area contributed by atoms with E-state index in [2.05, 4.69) is 6.58 Å². The van der Waals surface area contributed by atoms with Crippen molar-refractivity contribution >= 4 is 0 Å². The zero-order valence-electron chi connectivity index (χ0n) is 9.80. The van der Waals surface area contributed by atoms with E-state index < -0.39 is 0 Å². The van der Waals surface area contributed by atoms with Gasteiger partial charge in [-0.1, -0.05) is 12.7 Å². The molecule has 2 nitrogen and oxygen atoms in total. The molecule has 0 heterocycles. The van der Waals surface area contributed by atoms with Crippen molar-refractivity contribution in [2.24, 2.45) is 0 Å². The first kappa shape index (κ1) is 12.2. The molecule has 0 bridgehead atoms. The number of ether oxygens (including phenoxy) is 2. The van der Waals surface area contributed by atoms with Crippen molar-refractivity contribution in [1.29, 1.82) is 0 Å². The molecular weight excluding hydrogens is 231 g/mol. The SMILES string of the molecule is C=CCOc1ccc(Oc2ccc(F)cc2)cc1. The fourth-order valence-electron chi connectivity index (χ4n) is 1.40. The zero-order chi connectivity index (χ0) is 12.8. The average molecular weight is 244 g/mol. The maximum Gasteiger partial charge on any atom is 0.127 e. The first-order chi connectivity index (χ1) is 8.78. The van der Waals surface area contributed by atoms with E-state index in [1.165, 1.54) is 12.1 Å². The van der Waals surface area contributed by atoms with E-state index in [1.807, 2.05) is 12.1 Å². The molecule has 2 rings (SSSR count). The highest BCUT2D eigenvalue weighted by molar-refractivity contribution is 5.35. The monoisotopic (exact) mass is 244 g/mol. The van der Waals surface area contributed by atoms with Crippen molar-refractivity contribution in [3.63, 3.8) is 0 Å². The molecule has 0 radical (unpaired) electrons. The van der Waals surface area contributed by atoms with Gasteiger partial charge in [-0.3, -0.25) is 0 Å². The molecule has 0 saturated carbocycles. The van der Waals surface area contributed by atoms with Gasteiger partial charge in [0.1, 0.15) is 29.7 Å². The van der Waals surface area contributed by atoms with Gasteiger partial charge in [0.2, 0.25) is 0 Å². The highest BCUT2D eigenvalue weighted by Crippen LogP contribution is 2.23. The van der Waals surface area contributed by atoms with Crippen LogP contribution in [0.25, 0.3) is 0 Å². The third-order valence-corrected chi connectivity index (χ3v) is 2.24. The molecule has 0 N–H and O–H groups in total. The van der Waals surface area contributed by atoms with Crippen LogP contribution < -0.4 is 9.47 Å². The summed E-state index contributed by atoms with van der Waals surface area (Å²) in [4.78, 5) is 0. The lowest BCUT2D eigenvalue weighted by atomic mass is 10.3. The molecule has 2 aromatic carbocycles. The standard InChI is InChI=1S/C15H13FO2/c1-2-11-17-13-7-9-15(10-8-13)18-14-5-3-12(16)4-6-14/h2-10H,1,11H2. The van der Waals surface area contributed by atoms with Crippen LogP contribution in [0.3, 0.4) is 0 Å². The fraction of sp³-hybridized carbons (Fsp3) is 0.0667. The van der Waals surface area contributed by atoms with Crippen molar-refractivity contribution in [2.75, 3.05) is 6.61 Å². The van der Waals surface area contributed by atoms with Gasteiger partial charge in [0.05, 0.1) is 0 Å². The zero-order valence-corrected chi connectivity index (χ0v) is 9.80. The molecule has 0 saturated heterocycles. The van der Waals surface area contributed by atoms with Crippen molar-refractivity contribution in [3.05, 3.63) is 67.0 Å². The van der Waals surface area contributed by atoms with Gasteiger partial charge in [-0.25, -0.2) is 4.39 Å². The van der Waals surface area contributed by atoms with Crippen molar-refractivity contribution in [1.82, 2.24) is 0 Å². The molecule has 0 aliphatic rings. The van der Waals surface area contributed by atoms with E-state index in [0.717, 1.165) is 5.75 Å². The van der Waals surface area contributed by atoms with Crippen LogP contribution in [0.1, 0.15) is 0 Å². The van der Waals surface area contributed by atoms with E-state index in [0.29, 0.717) is 18.1 Å². The molecular formula is C15H13FO2. The van der Waals surface area contributed by atoms with E-state index in [-0.39, 0.29) is 5.82 Å². The Bertz CT molecular complexity index is 503. The van der Waals surface area contributed by atoms with Crippen LogP contribution in [0.5, 0.6) is 17.2 Å². The van der Waals surface area contributed by atoms with Crippen LogP contribution in [0, 0.1) is 5.82 Å². The quantitative estimate of drug-likeness (QED) is 0.734. The maximum absolute atomic E-state index is 12.7. The molecule has 18 heavy (non-hydrogen) atoms. The maximum atomic E-state index is 12.7. The van der Waals surface area contributed by atoms with Crippen LogP contribution in [0.15, 0.2) is 61.2 Å². The van der Waals surface area contributed by atoms with E-state index in [1.54, 1.807) is 30.3 Å². The molecule has 0 aromatic heterocycles. The molecule has 0 aliphatic heterocycles. The van der Waals surface area contributed by atoms with Gasteiger partial charge >= 0.3 is 0 Å². The highest BCUT2D eigenvalue weighted by Gasteiger charge is 1.98. The summed E-state index contributed by atoms with van der Waals surface area (Å²) in [5.41, 5.74) is 0. The lowest BCUT2D eigenvalue weighted by Crippen LogP contribution is -1.92.